The second kappa shape index (κ2) is 11.0. The molecule has 1 saturated heterocycles. The maximum Gasteiger partial charge on any atom is 0.306 e. The molecule has 0 saturated carbocycles. The van der Waals surface area contributed by atoms with Crippen molar-refractivity contribution in [2.75, 3.05) is 0 Å². The number of carboxylic acid groups (broad SMARTS) is 1. The van der Waals surface area contributed by atoms with Gasteiger partial charge in [0.05, 0.1) is 6.42 Å². The third kappa shape index (κ3) is 8.32. The second-order valence-corrected chi connectivity index (χ2v) is 9.27. The van der Waals surface area contributed by atoms with Crippen LogP contribution in [0, 0.1) is 5.92 Å². The number of carbonyl (C=O) groups is 1. The minimum atomic E-state index is -0.841. The average Bonchev–Trinajstić information content (AvgIpc) is 2.91. The molecule has 2 rings (SSSR count). The Kier molecular flexibility index (Phi) is 8.97. The summed E-state index contributed by atoms with van der Waals surface area (Å²) in [7, 11) is 0. The van der Waals surface area contributed by atoms with Crippen LogP contribution in [0.3, 0.4) is 0 Å². The molecular weight excluding hydrogens is 352 g/mol. The Morgan fingerprint density at radius 3 is 2.29 bits per heavy atom. The summed E-state index contributed by atoms with van der Waals surface area (Å²) in [6.45, 7) is 6.14. The lowest BCUT2D eigenvalue weighted by Gasteiger charge is -2.25. The zero-order chi connectivity index (χ0) is 20.5. The first kappa shape index (κ1) is 22.9. The monoisotopic (exact) mass is 390 g/mol. The van der Waals surface area contributed by atoms with Gasteiger partial charge in [-0.15, -0.1) is 0 Å². The molecule has 0 amide bonds. The fourth-order valence-corrected chi connectivity index (χ4v) is 4.58. The molecule has 4 heteroatoms. The average molecular weight is 391 g/mol. The van der Waals surface area contributed by atoms with Gasteiger partial charge in [0.1, 0.15) is 11.2 Å². The molecule has 0 aromatic heterocycles. The third-order valence-electron chi connectivity index (χ3n) is 5.75. The van der Waals surface area contributed by atoms with Crippen molar-refractivity contribution in [2.24, 2.45) is 5.92 Å². The van der Waals surface area contributed by atoms with Gasteiger partial charge in [-0.05, 0) is 44.6 Å². The summed E-state index contributed by atoms with van der Waals surface area (Å²) in [5.41, 5.74) is 0.364. The van der Waals surface area contributed by atoms with E-state index in [-0.39, 0.29) is 12.0 Å². The summed E-state index contributed by atoms with van der Waals surface area (Å²) in [5, 5.41) is 9.03. The maximum atomic E-state index is 11.0. The largest absolute Gasteiger partial charge is 0.481 e. The molecule has 1 N–H and O–H groups in total. The molecule has 1 heterocycles. The molecular formula is C24H38O4. The van der Waals surface area contributed by atoms with Gasteiger partial charge in [-0.1, -0.05) is 75.8 Å². The van der Waals surface area contributed by atoms with Gasteiger partial charge in [0.15, 0.2) is 0 Å². The van der Waals surface area contributed by atoms with Crippen LogP contribution in [0.2, 0.25) is 0 Å². The molecule has 1 fully saturated rings. The highest BCUT2D eigenvalue weighted by atomic mass is 17.2. The van der Waals surface area contributed by atoms with Crippen LogP contribution in [0.25, 0.3) is 0 Å². The number of aryl methyl sites for hydroxylation is 1. The molecule has 0 bridgehead atoms. The van der Waals surface area contributed by atoms with Crippen molar-refractivity contribution in [3.05, 3.63) is 35.9 Å². The molecule has 0 aliphatic carbocycles. The lowest BCUT2D eigenvalue weighted by Crippen LogP contribution is -2.31. The van der Waals surface area contributed by atoms with E-state index >= 15 is 0 Å². The van der Waals surface area contributed by atoms with Gasteiger partial charge in [-0.25, -0.2) is 9.78 Å². The van der Waals surface area contributed by atoms with Crippen LogP contribution in [-0.2, 0) is 21.0 Å². The lowest BCUT2D eigenvalue weighted by atomic mass is 9.81. The van der Waals surface area contributed by atoms with Crippen LogP contribution in [-0.4, -0.2) is 22.3 Å². The molecule has 0 spiro atoms. The minimum Gasteiger partial charge on any atom is -0.481 e. The molecule has 1 aliphatic heterocycles. The SMILES string of the molecule is CC(CCCCCCCCc1ccccc1)CC1(C)CC(C)(CC(=O)O)OO1. The van der Waals surface area contributed by atoms with E-state index in [0.29, 0.717) is 12.3 Å². The van der Waals surface area contributed by atoms with Crippen LogP contribution in [0.5, 0.6) is 0 Å². The van der Waals surface area contributed by atoms with Gasteiger partial charge in [0.25, 0.3) is 0 Å². The van der Waals surface area contributed by atoms with Gasteiger partial charge < -0.3 is 5.11 Å². The van der Waals surface area contributed by atoms with E-state index in [1.807, 2.05) is 13.8 Å². The molecule has 0 radical (unpaired) electrons. The van der Waals surface area contributed by atoms with Crippen molar-refractivity contribution in [2.45, 2.75) is 103 Å². The zero-order valence-corrected chi connectivity index (χ0v) is 17.9. The number of rotatable bonds is 13. The van der Waals surface area contributed by atoms with Crippen LogP contribution in [0.4, 0.5) is 0 Å². The molecule has 1 aliphatic rings. The van der Waals surface area contributed by atoms with E-state index in [1.54, 1.807) is 0 Å². The summed E-state index contributed by atoms with van der Waals surface area (Å²) in [6.07, 6.45) is 11.7. The van der Waals surface area contributed by atoms with E-state index < -0.39 is 11.6 Å². The molecule has 3 unspecified atom stereocenters. The number of benzene rings is 1. The quantitative estimate of drug-likeness (QED) is 0.316. The van der Waals surface area contributed by atoms with E-state index in [1.165, 1.54) is 56.9 Å². The highest BCUT2D eigenvalue weighted by Gasteiger charge is 2.47. The minimum absolute atomic E-state index is 0.0127. The van der Waals surface area contributed by atoms with Crippen molar-refractivity contribution in [3.63, 3.8) is 0 Å². The van der Waals surface area contributed by atoms with Crippen LogP contribution in [0.15, 0.2) is 30.3 Å². The second-order valence-electron chi connectivity index (χ2n) is 9.27. The Labute approximate surface area is 170 Å². The number of unbranched alkanes of at least 4 members (excludes halogenated alkanes) is 5. The Morgan fingerprint density at radius 1 is 1.00 bits per heavy atom. The van der Waals surface area contributed by atoms with Crippen molar-refractivity contribution >= 4 is 5.97 Å². The lowest BCUT2D eigenvalue weighted by molar-refractivity contribution is -0.346. The predicted octanol–water partition coefficient (Wildman–Crippen LogP) is 6.33. The third-order valence-corrected chi connectivity index (χ3v) is 5.75. The Morgan fingerprint density at radius 2 is 1.61 bits per heavy atom. The summed E-state index contributed by atoms with van der Waals surface area (Å²) < 4.78 is 0. The van der Waals surface area contributed by atoms with Gasteiger partial charge in [0, 0.05) is 6.42 Å². The fraction of sp³-hybridized carbons (Fsp3) is 0.708. The summed E-state index contributed by atoms with van der Waals surface area (Å²) in [6, 6.07) is 10.7. The highest BCUT2D eigenvalue weighted by Crippen LogP contribution is 2.42. The van der Waals surface area contributed by atoms with Crippen LogP contribution in [0.1, 0.15) is 90.5 Å². The van der Waals surface area contributed by atoms with Crippen molar-refractivity contribution in [1.29, 1.82) is 0 Å². The zero-order valence-electron chi connectivity index (χ0n) is 17.9. The first-order chi connectivity index (χ1) is 13.3. The number of hydrogen-bond acceptors (Lipinski definition) is 3. The smallest absolute Gasteiger partial charge is 0.306 e. The molecule has 4 nitrogen and oxygen atoms in total. The summed E-state index contributed by atoms with van der Waals surface area (Å²) in [4.78, 5) is 22.0. The molecule has 158 valence electrons. The number of hydrogen-bond donors (Lipinski definition) is 1. The first-order valence-corrected chi connectivity index (χ1v) is 10.9. The van der Waals surface area contributed by atoms with Crippen molar-refractivity contribution < 1.29 is 19.7 Å². The first-order valence-electron chi connectivity index (χ1n) is 10.9. The summed E-state index contributed by atoms with van der Waals surface area (Å²) in [5.74, 6) is -0.286. The molecule has 3 atom stereocenters. The topological polar surface area (TPSA) is 55.8 Å². The van der Waals surface area contributed by atoms with Gasteiger partial charge >= 0.3 is 5.97 Å². The fourth-order valence-electron chi connectivity index (χ4n) is 4.58. The van der Waals surface area contributed by atoms with Crippen LogP contribution < -0.4 is 0 Å². The Balaban J connectivity index is 1.52. The van der Waals surface area contributed by atoms with Crippen LogP contribution >= 0.6 is 0 Å². The van der Waals surface area contributed by atoms with Crippen molar-refractivity contribution in [3.8, 4) is 0 Å². The maximum absolute atomic E-state index is 11.0. The van der Waals surface area contributed by atoms with E-state index in [4.69, 9.17) is 14.9 Å². The molecule has 28 heavy (non-hydrogen) atoms. The standard InChI is InChI=1S/C24H38O4/c1-20(17-23(2)19-24(3,28-27-23)18-22(25)26)13-9-6-4-5-7-10-14-21-15-11-8-12-16-21/h8,11-12,15-16,20H,4-7,9-10,13-14,17-19H2,1-3H3,(H,25,26). The van der Waals surface area contributed by atoms with Gasteiger partial charge in [0.2, 0.25) is 0 Å². The normalized spacial score (nSPS) is 25.7. The number of carboxylic acids is 1. The van der Waals surface area contributed by atoms with Gasteiger partial charge in [-0.3, -0.25) is 4.79 Å². The highest BCUT2D eigenvalue weighted by molar-refractivity contribution is 5.68. The Bertz CT molecular complexity index is 588. The molecule has 1 aromatic carbocycles. The van der Waals surface area contributed by atoms with E-state index in [2.05, 4.69) is 37.3 Å². The van der Waals surface area contributed by atoms with E-state index in [0.717, 1.165) is 6.42 Å². The molecule has 1 aromatic rings. The van der Waals surface area contributed by atoms with Crippen molar-refractivity contribution in [1.82, 2.24) is 0 Å². The van der Waals surface area contributed by atoms with E-state index in [9.17, 15) is 4.79 Å². The predicted molar refractivity (Wildman–Crippen MR) is 112 cm³/mol. The summed E-state index contributed by atoms with van der Waals surface area (Å²) >= 11 is 0. The Hall–Kier alpha value is -1.39. The van der Waals surface area contributed by atoms with Gasteiger partial charge in [-0.2, -0.15) is 0 Å². The number of aliphatic carboxylic acids is 1.